The summed E-state index contributed by atoms with van der Waals surface area (Å²) in [5.74, 6) is -1.08. The van der Waals surface area contributed by atoms with Gasteiger partial charge in [0.05, 0.1) is 23.4 Å². The molecule has 0 spiro atoms. The molecule has 5 rings (SSSR count). The maximum Gasteiger partial charge on any atom is 0.268 e. The SMILES string of the molecule is N#CC1(c2cc(I)ccn2)CCN(Cc2c([C@@H]3CCCC[C@@H]3O)c(C(N)=O)c(=O)n3ccccc23)CC1. The van der Waals surface area contributed by atoms with E-state index >= 15 is 0 Å². The minimum atomic E-state index is -0.760. The van der Waals surface area contributed by atoms with Crippen LogP contribution in [0.25, 0.3) is 5.52 Å². The number of aliphatic hydroxyl groups excluding tert-OH is 1. The zero-order valence-electron chi connectivity index (χ0n) is 20.6. The number of likely N-dealkylation sites (tertiary alicyclic amines) is 1. The van der Waals surface area contributed by atoms with Gasteiger partial charge < -0.3 is 10.8 Å². The highest BCUT2D eigenvalue weighted by atomic mass is 127. The van der Waals surface area contributed by atoms with E-state index in [4.69, 9.17) is 5.73 Å². The molecule has 0 radical (unpaired) electrons. The van der Waals surface area contributed by atoms with Crippen molar-refractivity contribution in [3.8, 4) is 6.07 Å². The molecule has 9 heteroatoms. The lowest BCUT2D eigenvalue weighted by Crippen LogP contribution is -2.43. The number of carbonyl (C=O) groups excluding carboxylic acids is 1. The summed E-state index contributed by atoms with van der Waals surface area (Å²) in [4.78, 5) is 32.9. The number of primary amides is 1. The molecule has 3 aromatic heterocycles. The predicted octanol–water partition coefficient (Wildman–Crippen LogP) is 3.47. The lowest BCUT2D eigenvalue weighted by atomic mass is 9.76. The third-order valence-corrected chi connectivity index (χ3v) is 8.73. The van der Waals surface area contributed by atoms with E-state index in [1.807, 2.05) is 24.3 Å². The Labute approximate surface area is 229 Å². The summed E-state index contributed by atoms with van der Waals surface area (Å²) < 4.78 is 2.54. The third-order valence-electron chi connectivity index (χ3n) is 8.06. The first-order valence-electron chi connectivity index (χ1n) is 12.7. The molecule has 3 N–H and O–H groups in total. The molecule has 8 nitrogen and oxygen atoms in total. The van der Waals surface area contributed by atoms with E-state index in [2.05, 4.69) is 38.5 Å². The number of hydrogen-bond donors (Lipinski definition) is 2. The van der Waals surface area contributed by atoms with Crippen molar-refractivity contribution < 1.29 is 9.90 Å². The number of amides is 1. The molecule has 1 amide bonds. The van der Waals surface area contributed by atoms with Crippen molar-refractivity contribution in [1.29, 1.82) is 5.26 Å². The van der Waals surface area contributed by atoms with E-state index in [0.29, 0.717) is 50.9 Å². The summed E-state index contributed by atoms with van der Waals surface area (Å²) in [6, 6.07) is 12.0. The van der Waals surface area contributed by atoms with Crippen molar-refractivity contribution in [2.24, 2.45) is 5.73 Å². The molecule has 3 aromatic rings. The number of nitriles is 1. The Morgan fingerprint density at radius 2 is 2.00 bits per heavy atom. The van der Waals surface area contributed by atoms with Crippen LogP contribution in [0.3, 0.4) is 0 Å². The Hall–Kier alpha value is -2.81. The first-order chi connectivity index (χ1) is 17.8. The van der Waals surface area contributed by atoms with Gasteiger partial charge in [0.1, 0.15) is 11.0 Å². The second-order valence-electron chi connectivity index (χ2n) is 10.2. The van der Waals surface area contributed by atoms with E-state index < -0.39 is 23.0 Å². The average molecular weight is 611 g/mol. The van der Waals surface area contributed by atoms with Crippen molar-refractivity contribution in [1.82, 2.24) is 14.3 Å². The van der Waals surface area contributed by atoms with E-state index in [1.165, 1.54) is 4.40 Å². The van der Waals surface area contributed by atoms with Gasteiger partial charge in [0.25, 0.3) is 11.5 Å². The highest BCUT2D eigenvalue weighted by Crippen LogP contribution is 2.39. The van der Waals surface area contributed by atoms with Gasteiger partial charge in [-0.1, -0.05) is 18.9 Å². The van der Waals surface area contributed by atoms with Crippen molar-refractivity contribution >= 4 is 34.0 Å². The summed E-state index contributed by atoms with van der Waals surface area (Å²) in [6.07, 6.45) is 7.22. The number of fused-ring (bicyclic) bond motifs is 1. The molecule has 1 saturated carbocycles. The summed E-state index contributed by atoms with van der Waals surface area (Å²) in [5, 5.41) is 21.1. The summed E-state index contributed by atoms with van der Waals surface area (Å²) >= 11 is 2.24. The predicted molar refractivity (Wildman–Crippen MR) is 148 cm³/mol. The average Bonchev–Trinajstić information content (AvgIpc) is 2.91. The summed E-state index contributed by atoms with van der Waals surface area (Å²) in [7, 11) is 0. The minimum absolute atomic E-state index is 0.0175. The fraction of sp³-hybridized carbons (Fsp3) is 0.429. The van der Waals surface area contributed by atoms with Crippen LogP contribution < -0.4 is 11.3 Å². The van der Waals surface area contributed by atoms with E-state index in [1.54, 1.807) is 18.5 Å². The van der Waals surface area contributed by atoms with Gasteiger partial charge in [-0.05, 0) is 83.7 Å². The minimum Gasteiger partial charge on any atom is -0.392 e. The van der Waals surface area contributed by atoms with Gasteiger partial charge in [-0.15, -0.1) is 0 Å². The number of carbonyl (C=O) groups is 1. The quantitative estimate of drug-likeness (QED) is 0.426. The van der Waals surface area contributed by atoms with Crippen LogP contribution in [0.15, 0.2) is 47.5 Å². The molecule has 2 atom stereocenters. The van der Waals surface area contributed by atoms with Crippen molar-refractivity contribution in [2.75, 3.05) is 13.1 Å². The Kier molecular flexibility index (Phi) is 7.34. The monoisotopic (exact) mass is 611 g/mol. The number of pyridine rings is 3. The number of nitrogens with two attached hydrogens (primary N) is 1. The number of aromatic nitrogens is 2. The lowest BCUT2D eigenvalue weighted by molar-refractivity contribution is 0.0971. The molecule has 192 valence electrons. The van der Waals surface area contributed by atoms with Gasteiger partial charge in [-0.2, -0.15) is 5.26 Å². The van der Waals surface area contributed by atoms with Crippen molar-refractivity contribution in [3.05, 3.63) is 79.0 Å². The Balaban J connectivity index is 1.55. The highest BCUT2D eigenvalue weighted by Gasteiger charge is 2.39. The zero-order chi connectivity index (χ0) is 26.2. The highest BCUT2D eigenvalue weighted by molar-refractivity contribution is 14.1. The van der Waals surface area contributed by atoms with Crippen molar-refractivity contribution in [2.45, 2.75) is 62.5 Å². The Morgan fingerprint density at radius 3 is 2.68 bits per heavy atom. The number of hydrogen-bond acceptors (Lipinski definition) is 6. The number of halogens is 1. The van der Waals surface area contributed by atoms with Crippen LogP contribution in [-0.4, -0.2) is 44.5 Å². The second kappa shape index (κ2) is 10.5. The standard InChI is InChI=1S/C28H30IN5O3/c29-18-8-11-32-23(15-18)28(17-30)9-13-33(14-10-28)16-20-21-6-3-4-12-34(21)27(37)25(26(31)36)24(20)19-5-1-2-7-22(19)35/h3-4,6,8,11-12,15,19,22,35H,1-2,5,7,9-10,13-14,16H2,(H2,31,36)/t19-,22+/m1/s1. The van der Waals surface area contributed by atoms with Crippen LogP contribution >= 0.6 is 22.6 Å². The molecule has 2 fully saturated rings. The summed E-state index contributed by atoms with van der Waals surface area (Å²) in [6.45, 7) is 1.82. The maximum absolute atomic E-state index is 13.4. The smallest absolute Gasteiger partial charge is 0.268 e. The molecular formula is C28H30IN5O3. The molecule has 4 heterocycles. The van der Waals surface area contributed by atoms with Gasteiger partial charge >= 0.3 is 0 Å². The van der Waals surface area contributed by atoms with E-state index in [9.17, 15) is 20.0 Å². The first kappa shape index (κ1) is 25.8. The van der Waals surface area contributed by atoms with Gasteiger partial charge in [0, 0.05) is 41.5 Å². The molecule has 0 bridgehead atoms. The molecule has 37 heavy (non-hydrogen) atoms. The van der Waals surface area contributed by atoms with Gasteiger partial charge in [-0.25, -0.2) is 0 Å². The zero-order valence-corrected chi connectivity index (χ0v) is 22.7. The second-order valence-corrected chi connectivity index (χ2v) is 11.4. The lowest BCUT2D eigenvalue weighted by Gasteiger charge is -2.38. The van der Waals surface area contributed by atoms with Gasteiger partial charge in [0.2, 0.25) is 0 Å². The topological polar surface area (TPSA) is 125 Å². The molecular weight excluding hydrogens is 581 g/mol. The molecule has 1 aliphatic carbocycles. The molecule has 1 aliphatic heterocycles. The first-order valence-corrected chi connectivity index (χ1v) is 13.8. The van der Waals surface area contributed by atoms with Crippen LogP contribution in [0.4, 0.5) is 0 Å². The number of nitrogens with zero attached hydrogens (tertiary/aromatic N) is 4. The molecule has 2 aliphatic rings. The number of aliphatic hydroxyl groups is 1. The van der Waals surface area contributed by atoms with E-state index in [0.717, 1.165) is 33.2 Å². The maximum atomic E-state index is 13.4. The molecule has 1 saturated heterocycles. The van der Waals surface area contributed by atoms with Gasteiger partial charge in [-0.3, -0.25) is 23.9 Å². The molecule has 0 unspecified atom stereocenters. The van der Waals surface area contributed by atoms with Crippen LogP contribution in [-0.2, 0) is 12.0 Å². The summed E-state index contributed by atoms with van der Waals surface area (Å²) in [5.41, 5.74) is 7.69. The van der Waals surface area contributed by atoms with Crippen LogP contribution in [0.5, 0.6) is 0 Å². The van der Waals surface area contributed by atoms with Gasteiger partial charge in [0.15, 0.2) is 0 Å². The normalized spacial score (nSPS) is 22.0. The largest absolute Gasteiger partial charge is 0.392 e. The van der Waals surface area contributed by atoms with E-state index in [-0.39, 0.29) is 11.5 Å². The number of rotatable bonds is 5. The Bertz CT molecular complexity index is 1440. The number of piperidine rings is 1. The third kappa shape index (κ3) is 4.78. The fourth-order valence-corrected chi connectivity index (χ4v) is 6.52. The fourth-order valence-electron chi connectivity index (χ4n) is 6.06. The van der Waals surface area contributed by atoms with Crippen LogP contribution in [0.1, 0.15) is 71.6 Å². The van der Waals surface area contributed by atoms with Crippen LogP contribution in [0.2, 0.25) is 0 Å². The van der Waals surface area contributed by atoms with Crippen LogP contribution in [0, 0.1) is 14.9 Å². The van der Waals surface area contributed by atoms with Crippen molar-refractivity contribution in [3.63, 3.8) is 0 Å². The molecule has 0 aromatic carbocycles. The Morgan fingerprint density at radius 1 is 1.24 bits per heavy atom.